The van der Waals surface area contributed by atoms with Crippen molar-refractivity contribution in [3.63, 3.8) is 0 Å². The second-order valence-electron chi connectivity index (χ2n) is 5.09. The number of nitrogens with two attached hydrogens (primary N) is 1. The van der Waals surface area contributed by atoms with Gasteiger partial charge in [-0.1, -0.05) is 12.1 Å². The van der Waals surface area contributed by atoms with Crippen molar-refractivity contribution in [3.05, 3.63) is 29.8 Å². The minimum absolute atomic E-state index is 0.137. The zero-order valence-corrected chi connectivity index (χ0v) is 12.4. The molecule has 1 heterocycles. The lowest BCUT2D eigenvalue weighted by Gasteiger charge is -2.41. The van der Waals surface area contributed by atoms with Crippen molar-refractivity contribution in [2.45, 2.75) is 38.3 Å². The molecule has 2 rings (SSSR count). The van der Waals surface area contributed by atoms with Crippen molar-refractivity contribution in [3.8, 4) is 5.75 Å². The summed E-state index contributed by atoms with van der Waals surface area (Å²) in [4.78, 5) is 0. The topological polar surface area (TPSA) is 53.7 Å². The van der Waals surface area contributed by atoms with E-state index >= 15 is 0 Å². The van der Waals surface area contributed by atoms with Gasteiger partial charge >= 0.3 is 0 Å². The molecule has 20 heavy (non-hydrogen) atoms. The van der Waals surface area contributed by atoms with E-state index in [1.165, 1.54) is 0 Å². The molecule has 4 nitrogen and oxygen atoms in total. The predicted octanol–water partition coefficient (Wildman–Crippen LogP) is 2.67. The highest BCUT2D eigenvalue weighted by Gasteiger charge is 2.40. The maximum Gasteiger partial charge on any atom is 0.119 e. The third-order valence-electron chi connectivity index (χ3n) is 3.89. The average molecular weight is 279 g/mol. The summed E-state index contributed by atoms with van der Waals surface area (Å²) < 4.78 is 16.9. The first kappa shape index (κ1) is 15.3. The van der Waals surface area contributed by atoms with Crippen LogP contribution < -0.4 is 10.5 Å². The quantitative estimate of drug-likeness (QED) is 0.870. The molecular formula is C16H25NO3. The van der Waals surface area contributed by atoms with Crippen LogP contribution in [0.4, 0.5) is 0 Å². The van der Waals surface area contributed by atoms with Gasteiger partial charge in [-0.25, -0.2) is 0 Å². The molecule has 1 atom stereocenters. The molecule has 1 aliphatic heterocycles. The fraction of sp³-hybridized carbons (Fsp3) is 0.625. The van der Waals surface area contributed by atoms with Crippen molar-refractivity contribution in [2.75, 3.05) is 26.4 Å². The van der Waals surface area contributed by atoms with E-state index in [0.29, 0.717) is 26.4 Å². The van der Waals surface area contributed by atoms with E-state index in [1.807, 2.05) is 38.1 Å². The van der Waals surface area contributed by atoms with Crippen molar-refractivity contribution in [2.24, 2.45) is 5.73 Å². The second kappa shape index (κ2) is 7.07. The Kier molecular flexibility index (Phi) is 5.40. The van der Waals surface area contributed by atoms with Crippen LogP contribution in [0, 0.1) is 0 Å². The Balaban J connectivity index is 2.15. The molecule has 0 bridgehead atoms. The Morgan fingerprint density at radius 1 is 1.15 bits per heavy atom. The molecule has 0 amide bonds. The molecule has 2 N–H and O–H groups in total. The number of benzene rings is 1. The molecular weight excluding hydrogens is 254 g/mol. The van der Waals surface area contributed by atoms with Gasteiger partial charge in [0.25, 0.3) is 0 Å². The van der Waals surface area contributed by atoms with Crippen LogP contribution >= 0.6 is 0 Å². The van der Waals surface area contributed by atoms with Gasteiger partial charge in [-0.3, -0.25) is 0 Å². The van der Waals surface area contributed by atoms with Gasteiger partial charge in [0.05, 0.1) is 18.2 Å². The summed E-state index contributed by atoms with van der Waals surface area (Å²) in [6.07, 6.45) is 1.68. The van der Waals surface area contributed by atoms with Gasteiger partial charge in [0.15, 0.2) is 0 Å². The Bertz CT molecular complexity index is 393. The van der Waals surface area contributed by atoms with E-state index in [1.54, 1.807) is 0 Å². The molecule has 1 fully saturated rings. The smallest absolute Gasteiger partial charge is 0.119 e. The third kappa shape index (κ3) is 3.32. The van der Waals surface area contributed by atoms with Crippen molar-refractivity contribution >= 4 is 0 Å². The molecule has 1 aliphatic rings. The van der Waals surface area contributed by atoms with E-state index in [0.717, 1.165) is 24.2 Å². The fourth-order valence-corrected chi connectivity index (χ4v) is 2.79. The minimum Gasteiger partial charge on any atom is -0.494 e. The average Bonchev–Trinajstić information content (AvgIpc) is 2.49. The summed E-state index contributed by atoms with van der Waals surface area (Å²) >= 11 is 0. The molecule has 0 aromatic heterocycles. The maximum absolute atomic E-state index is 6.49. The molecule has 1 unspecified atom stereocenters. The SMILES string of the molecule is CCOc1ccc(C(N)C2(OCC)CCOCC2)cc1. The normalized spacial score (nSPS) is 19.6. The van der Waals surface area contributed by atoms with Crippen LogP contribution in [-0.4, -0.2) is 32.0 Å². The molecule has 1 aromatic carbocycles. The lowest BCUT2D eigenvalue weighted by molar-refractivity contribution is -0.121. The number of ether oxygens (including phenoxy) is 3. The first-order chi connectivity index (χ1) is 9.72. The highest BCUT2D eigenvalue weighted by Crippen LogP contribution is 2.36. The zero-order chi connectivity index (χ0) is 14.4. The van der Waals surface area contributed by atoms with Crippen LogP contribution in [0.2, 0.25) is 0 Å². The lowest BCUT2D eigenvalue weighted by Crippen LogP contribution is -2.48. The molecule has 1 saturated heterocycles. The Labute approximate surface area is 121 Å². The summed E-state index contributed by atoms with van der Waals surface area (Å²) in [5.74, 6) is 0.876. The van der Waals surface area contributed by atoms with Crippen LogP contribution in [0.5, 0.6) is 5.75 Å². The lowest BCUT2D eigenvalue weighted by atomic mass is 9.82. The van der Waals surface area contributed by atoms with Gasteiger partial charge in [-0.15, -0.1) is 0 Å². The molecule has 0 spiro atoms. The monoisotopic (exact) mass is 279 g/mol. The van der Waals surface area contributed by atoms with E-state index in [-0.39, 0.29) is 11.6 Å². The number of hydrogen-bond acceptors (Lipinski definition) is 4. The summed E-state index contributed by atoms with van der Waals surface area (Å²) in [5, 5.41) is 0. The van der Waals surface area contributed by atoms with Crippen LogP contribution in [0.15, 0.2) is 24.3 Å². The van der Waals surface area contributed by atoms with Crippen LogP contribution in [0.1, 0.15) is 38.3 Å². The van der Waals surface area contributed by atoms with E-state index < -0.39 is 0 Å². The van der Waals surface area contributed by atoms with Gasteiger partial charge in [-0.2, -0.15) is 0 Å². The highest BCUT2D eigenvalue weighted by molar-refractivity contribution is 5.30. The van der Waals surface area contributed by atoms with Gasteiger partial charge in [0.2, 0.25) is 0 Å². The summed E-state index contributed by atoms with van der Waals surface area (Å²) in [7, 11) is 0. The Morgan fingerprint density at radius 2 is 1.80 bits per heavy atom. The summed E-state index contributed by atoms with van der Waals surface area (Å²) in [5.41, 5.74) is 7.27. The van der Waals surface area contributed by atoms with Crippen LogP contribution in [0.25, 0.3) is 0 Å². The van der Waals surface area contributed by atoms with Gasteiger partial charge < -0.3 is 19.9 Å². The molecule has 0 aliphatic carbocycles. The van der Waals surface area contributed by atoms with E-state index in [2.05, 4.69) is 0 Å². The zero-order valence-electron chi connectivity index (χ0n) is 12.4. The Morgan fingerprint density at radius 3 is 2.35 bits per heavy atom. The van der Waals surface area contributed by atoms with Crippen LogP contribution in [-0.2, 0) is 9.47 Å². The van der Waals surface area contributed by atoms with E-state index in [9.17, 15) is 0 Å². The summed E-state index contributed by atoms with van der Waals surface area (Å²) in [6.45, 7) is 6.76. The number of hydrogen-bond donors (Lipinski definition) is 1. The van der Waals surface area contributed by atoms with Crippen molar-refractivity contribution < 1.29 is 14.2 Å². The maximum atomic E-state index is 6.49. The Hall–Kier alpha value is -1.10. The van der Waals surface area contributed by atoms with Gasteiger partial charge in [-0.05, 0) is 31.5 Å². The first-order valence-electron chi connectivity index (χ1n) is 7.42. The van der Waals surface area contributed by atoms with Crippen molar-refractivity contribution in [1.29, 1.82) is 0 Å². The molecule has 1 aromatic rings. The van der Waals surface area contributed by atoms with Gasteiger partial charge in [0, 0.05) is 32.7 Å². The van der Waals surface area contributed by atoms with Gasteiger partial charge in [0.1, 0.15) is 5.75 Å². The standard InChI is InChI=1S/C16H25NO3/c1-3-19-14-7-5-13(6-8-14)15(17)16(20-4-2)9-11-18-12-10-16/h5-8,15H,3-4,9-12,17H2,1-2H3. The summed E-state index contributed by atoms with van der Waals surface area (Å²) in [6, 6.07) is 7.87. The molecule has 4 heteroatoms. The highest BCUT2D eigenvalue weighted by atomic mass is 16.5. The first-order valence-corrected chi connectivity index (χ1v) is 7.42. The predicted molar refractivity (Wildman–Crippen MR) is 78.9 cm³/mol. The molecule has 0 radical (unpaired) electrons. The van der Waals surface area contributed by atoms with Crippen LogP contribution in [0.3, 0.4) is 0 Å². The third-order valence-corrected chi connectivity index (χ3v) is 3.89. The second-order valence-corrected chi connectivity index (χ2v) is 5.09. The molecule has 112 valence electrons. The van der Waals surface area contributed by atoms with E-state index in [4.69, 9.17) is 19.9 Å². The minimum atomic E-state index is -0.305. The largest absolute Gasteiger partial charge is 0.494 e. The number of rotatable bonds is 6. The molecule has 0 saturated carbocycles. The van der Waals surface area contributed by atoms with Crippen molar-refractivity contribution in [1.82, 2.24) is 0 Å². The fourth-order valence-electron chi connectivity index (χ4n) is 2.79.